The van der Waals surface area contributed by atoms with E-state index < -0.39 is 16.2 Å². The molecule has 5 rings (SSSR count). The number of hydrogen-bond donors (Lipinski definition) is 0. The van der Waals surface area contributed by atoms with Crippen molar-refractivity contribution >= 4 is 9.84 Å². The molecule has 224 valence electrons. The largest absolute Gasteiger partial charge is 0.573 e. The van der Waals surface area contributed by atoms with E-state index in [4.69, 9.17) is 14.1 Å². The average Bonchev–Trinajstić information content (AvgIpc) is 3.53. The third-order valence-electron chi connectivity index (χ3n) is 6.65. The maximum Gasteiger partial charge on any atom is 0.573 e. The Morgan fingerprint density at radius 2 is 1.63 bits per heavy atom. The number of imidazole rings is 1. The third kappa shape index (κ3) is 6.81. The first kappa shape index (κ1) is 30.1. The van der Waals surface area contributed by atoms with E-state index in [0.29, 0.717) is 47.1 Å². The minimum atomic E-state index is -4.82. The van der Waals surface area contributed by atoms with Crippen LogP contribution in [0.4, 0.5) is 13.2 Å². The topological polar surface area (TPSA) is 96.5 Å². The summed E-state index contributed by atoms with van der Waals surface area (Å²) < 4.78 is 80.2. The molecule has 0 radical (unpaired) electrons. The molecular formula is C31H28F3N3O5S. The summed E-state index contributed by atoms with van der Waals surface area (Å²) in [6.07, 6.45) is -1.43. The highest BCUT2D eigenvalue weighted by Gasteiger charge is 2.31. The molecule has 0 saturated heterocycles. The highest BCUT2D eigenvalue weighted by Crippen LogP contribution is 2.39. The molecule has 0 atom stereocenters. The zero-order valence-corrected chi connectivity index (χ0v) is 24.6. The van der Waals surface area contributed by atoms with Gasteiger partial charge in [-0.25, -0.2) is 18.4 Å². The van der Waals surface area contributed by atoms with Crippen LogP contribution >= 0.6 is 0 Å². The Morgan fingerprint density at radius 3 is 2.26 bits per heavy atom. The van der Waals surface area contributed by atoms with Gasteiger partial charge in [-0.15, -0.1) is 13.2 Å². The predicted octanol–water partition coefficient (Wildman–Crippen LogP) is 6.97. The molecule has 8 nitrogen and oxygen atoms in total. The fourth-order valence-corrected chi connectivity index (χ4v) is 5.40. The Bertz CT molecular complexity index is 1880. The Balaban J connectivity index is 1.72. The van der Waals surface area contributed by atoms with Gasteiger partial charge in [0.05, 0.1) is 22.9 Å². The molecule has 43 heavy (non-hydrogen) atoms. The summed E-state index contributed by atoms with van der Waals surface area (Å²) in [5.41, 5.74) is 4.49. The zero-order chi connectivity index (χ0) is 30.9. The lowest BCUT2D eigenvalue weighted by atomic mass is 9.98. The van der Waals surface area contributed by atoms with Crippen LogP contribution in [0.15, 0.2) is 82.2 Å². The zero-order valence-electron chi connectivity index (χ0n) is 23.8. The number of aryl methyl sites for hydroxylation is 2. The summed E-state index contributed by atoms with van der Waals surface area (Å²) in [5, 5.41) is 0. The number of methoxy groups -OCH3 is 1. The molecule has 3 aromatic carbocycles. The van der Waals surface area contributed by atoms with E-state index >= 15 is 0 Å². The van der Waals surface area contributed by atoms with Gasteiger partial charge >= 0.3 is 6.36 Å². The average molecular weight is 612 g/mol. The molecule has 0 amide bonds. The number of hydrogen-bond acceptors (Lipinski definition) is 7. The van der Waals surface area contributed by atoms with Crippen molar-refractivity contribution in [3.63, 3.8) is 0 Å². The molecule has 0 aliphatic heterocycles. The van der Waals surface area contributed by atoms with Crippen LogP contribution in [0.25, 0.3) is 39.4 Å². The number of rotatable bonds is 9. The first-order valence-corrected chi connectivity index (χ1v) is 15.0. The van der Waals surface area contributed by atoms with E-state index in [1.54, 1.807) is 19.2 Å². The summed E-state index contributed by atoms with van der Waals surface area (Å²) in [4.78, 5) is 9.52. The molecule has 0 N–H and O–H groups in total. The number of halogens is 3. The number of aromatic nitrogens is 3. The fraction of sp³-hybridized carbons (Fsp3) is 0.226. The third-order valence-corrected chi connectivity index (χ3v) is 7.76. The smallest absolute Gasteiger partial charge is 0.440 e. The number of ether oxygens (including phenoxy) is 2. The Kier molecular flexibility index (Phi) is 8.17. The van der Waals surface area contributed by atoms with Gasteiger partial charge < -0.3 is 18.5 Å². The first-order valence-electron chi connectivity index (χ1n) is 13.1. The van der Waals surface area contributed by atoms with Crippen molar-refractivity contribution in [1.29, 1.82) is 0 Å². The van der Waals surface area contributed by atoms with E-state index in [0.717, 1.165) is 29.0 Å². The number of nitrogens with zero attached hydrogens (tertiary/aromatic N) is 3. The second-order valence-electron chi connectivity index (χ2n) is 9.93. The molecule has 5 aromatic rings. The molecule has 0 bridgehead atoms. The van der Waals surface area contributed by atoms with Crippen molar-refractivity contribution in [2.24, 2.45) is 0 Å². The van der Waals surface area contributed by atoms with Crippen molar-refractivity contribution < 1.29 is 35.5 Å². The van der Waals surface area contributed by atoms with Gasteiger partial charge in [0.25, 0.3) is 0 Å². The van der Waals surface area contributed by atoms with Gasteiger partial charge in [-0.05, 0) is 73.5 Å². The summed E-state index contributed by atoms with van der Waals surface area (Å²) in [5.74, 6) is 1.07. The van der Waals surface area contributed by atoms with Crippen LogP contribution in [0.2, 0.25) is 0 Å². The van der Waals surface area contributed by atoms with Gasteiger partial charge in [-0.2, -0.15) is 0 Å². The first-order chi connectivity index (χ1) is 20.3. The molecule has 2 heterocycles. The Morgan fingerprint density at radius 1 is 0.930 bits per heavy atom. The number of oxazole rings is 1. The van der Waals surface area contributed by atoms with Gasteiger partial charge in [-0.1, -0.05) is 18.2 Å². The lowest BCUT2D eigenvalue weighted by molar-refractivity contribution is -0.274. The second kappa shape index (κ2) is 11.7. The van der Waals surface area contributed by atoms with Crippen molar-refractivity contribution in [1.82, 2.24) is 14.5 Å². The second-order valence-corrected chi connectivity index (χ2v) is 11.9. The summed E-state index contributed by atoms with van der Waals surface area (Å²) in [7, 11) is -1.89. The molecule has 0 unspecified atom stereocenters. The van der Waals surface area contributed by atoms with Crippen LogP contribution in [0.1, 0.15) is 17.4 Å². The highest BCUT2D eigenvalue weighted by molar-refractivity contribution is 7.90. The number of sulfone groups is 1. The van der Waals surface area contributed by atoms with E-state index in [9.17, 15) is 21.6 Å². The van der Waals surface area contributed by atoms with Crippen LogP contribution in [-0.2, 0) is 21.0 Å². The quantitative estimate of drug-likeness (QED) is 0.178. The van der Waals surface area contributed by atoms with Crippen LogP contribution in [-0.4, -0.2) is 49.3 Å². The normalized spacial score (nSPS) is 12.1. The minimum Gasteiger partial charge on any atom is -0.440 e. The molecule has 0 aliphatic carbocycles. The van der Waals surface area contributed by atoms with Crippen molar-refractivity contribution in [3.8, 4) is 45.1 Å². The molecule has 0 aliphatic rings. The molecule has 0 spiro atoms. The Labute approximate surface area is 246 Å². The van der Waals surface area contributed by atoms with Crippen molar-refractivity contribution in [3.05, 3.63) is 90.3 Å². The standard InChI is InChI=1S/C31H28F3N3O5S/c1-19-18-37(20(2)35-19)27-13-10-23(22-6-5-7-25(16-22)43(4,38)39)17-26(27)29-30(41-28(36-29)14-15-40-3)21-8-11-24(12-9-21)42-31(32,33)34/h5-13,16-18H,14-15H2,1-4H3. The molecule has 0 saturated carbocycles. The molecular weight excluding hydrogens is 583 g/mol. The highest BCUT2D eigenvalue weighted by atomic mass is 32.2. The molecule has 2 aromatic heterocycles. The number of benzene rings is 3. The van der Waals surface area contributed by atoms with E-state index in [1.165, 1.54) is 30.3 Å². The number of alkyl halides is 3. The summed E-state index contributed by atoms with van der Waals surface area (Å²) in [6.45, 7) is 4.08. The van der Waals surface area contributed by atoms with Gasteiger partial charge in [0.2, 0.25) is 0 Å². The van der Waals surface area contributed by atoms with Gasteiger partial charge in [0.15, 0.2) is 21.5 Å². The predicted molar refractivity (Wildman–Crippen MR) is 155 cm³/mol. The Hall–Kier alpha value is -4.42. The van der Waals surface area contributed by atoms with E-state index in [1.807, 2.05) is 48.9 Å². The van der Waals surface area contributed by atoms with E-state index in [2.05, 4.69) is 9.72 Å². The van der Waals surface area contributed by atoms with Gasteiger partial charge in [0, 0.05) is 37.1 Å². The molecule has 0 fully saturated rings. The van der Waals surface area contributed by atoms with E-state index in [-0.39, 0.29) is 10.6 Å². The van der Waals surface area contributed by atoms with Crippen molar-refractivity contribution in [2.45, 2.75) is 31.5 Å². The van der Waals surface area contributed by atoms with Gasteiger partial charge in [0.1, 0.15) is 17.3 Å². The fourth-order valence-electron chi connectivity index (χ4n) is 4.73. The van der Waals surface area contributed by atoms with Crippen LogP contribution in [0.5, 0.6) is 5.75 Å². The van der Waals surface area contributed by atoms with Gasteiger partial charge in [-0.3, -0.25) is 0 Å². The lowest BCUT2D eigenvalue weighted by Crippen LogP contribution is -2.16. The van der Waals surface area contributed by atoms with Crippen LogP contribution in [0, 0.1) is 13.8 Å². The SMILES string of the molecule is COCCc1nc(-c2cc(-c3cccc(S(C)(=O)=O)c3)ccc2-n2cc(C)nc2C)c(-c2ccc(OC(F)(F)F)cc2)o1. The maximum absolute atomic E-state index is 12.8. The van der Waals surface area contributed by atoms with Crippen LogP contribution < -0.4 is 4.74 Å². The summed E-state index contributed by atoms with van der Waals surface area (Å²) in [6, 6.07) is 17.6. The minimum absolute atomic E-state index is 0.182. The maximum atomic E-state index is 12.8. The summed E-state index contributed by atoms with van der Waals surface area (Å²) >= 11 is 0. The monoisotopic (exact) mass is 611 g/mol. The van der Waals surface area contributed by atoms with Crippen molar-refractivity contribution in [2.75, 3.05) is 20.0 Å². The molecule has 12 heteroatoms. The van der Waals surface area contributed by atoms with Crippen LogP contribution in [0.3, 0.4) is 0 Å². The lowest BCUT2D eigenvalue weighted by Gasteiger charge is -2.14.